The van der Waals surface area contributed by atoms with Crippen LogP contribution in [0.25, 0.3) is 0 Å². The molecule has 1 heterocycles. The Hall–Kier alpha value is -0.920. The molecule has 0 amide bonds. The molecule has 0 unspecified atom stereocenters. The molecule has 58 valence electrons. The first kappa shape index (κ1) is 9.08. The van der Waals surface area contributed by atoms with Crippen LogP contribution in [-0.4, -0.2) is 22.5 Å². The van der Waals surface area contributed by atoms with Crippen molar-refractivity contribution < 1.29 is 21.9 Å². The predicted octanol–water partition coefficient (Wildman–Crippen LogP) is 0.0218. The molecule has 1 rings (SSSR count). The van der Waals surface area contributed by atoms with Gasteiger partial charge in [0.25, 0.3) is 0 Å². The zero-order valence-corrected chi connectivity index (χ0v) is 5.52. The molecule has 0 spiro atoms. The average molecular weight is 167 g/mol. The standard InChI is InChI=1S/C3H3NO.H2O4S/c1-2-5-3-4-1;1-5(2,3)4/h1-3H;(H2,1,2,3,4). The Kier molecular flexibility index (Phi) is 3.62. The van der Waals surface area contributed by atoms with Crippen molar-refractivity contribution in [2.24, 2.45) is 0 Å². The van der Waals surface area contributed by atoms with Crippen molar-refractivity contribution in [1.29, 1.82) is 0 Å². The molecule has 0 saturated carbocycles. The Balaban J connectivity index is 0.000000162. The minimum atomic E-state index is -4.67. The van der Waals surface area contributed by atoms with E-state index in [0.29, 0.717) is 0 Å². The van der Waals surface area contributed by atoms with E-state index in [1.54, 1.807) is 6.20 Å². The van der Waals surface area contributed by atoms with Crippen LogP contribution in [0.5, 0.6) is 0 Å². The zero-order valence-electron chi connectivity index (χ0n) is 4.71. The van der Waals surface area contributed by atoms with Crippen molar-refractivity contribution in [3.63, 3.8) is 0 Å². The van der Waals surface area contributed by atoms with Gasteiger partial charge in [-0.15, -0.1) is 0 Å². The third kappa shape index (κ3) is 15.7. The molecule has 0 saturated heterocycles. The van der Waals surface area contributed by atoms with Gasteiger partial charge in [0.05, 0.1) is 6.20 Å². The Labute approximate surface area is 57.1 Å². The van der Waals surface area contributed by atoms with Crippen LogP contribution in [0.15, 0.2) is 23.3 Å². The Bertz CT molecular complexity index is 213. The molecular formula is C3H5NO5S. The fourth-order valence-electron chi connectivity index (χ4n) is 0.176. The minimum absolute atomic E-state index is 1.38. The first-order valence-corrected chi connectivity index (χ1v) is 3.42. The van der Waals surface area contributed by atoms with E-state index in [-0.39, 0.29) is 0 Å². The number of aromatic nitrogens is 1. The van der Waals surface area contributed by atoms with Crippen molar-refractivity contribution >= 4 is 10.4 Å². The quantitative estimate of drug-likeness (QED) is 0.528. The lowest BCUT2D eigenvalue weighted by atomic mass is 11.0. The highest BCUT2D eigenvalue weighted by Crippen LogP contribution is 1.72. The van der Waals surface area contributed by atoms with Gasteiger partial charge in [0, 0.05) is 0 Å². The zero-order chi connectivity index (χ0) is 8.04. The maximum Gasteiger partial charge on any atom is 0.394 e. The number of rotatable bonds is 0. The lowest BCUT2D eigenvalue weighted by Crippen LogP contribution is -1.89. The summed E-state index contributed by atoms with van der Waals surface area (Å²) in [5, 5.41) is 0. The van der Waals surface area contributed by atoms with Crippen LogP contribution >= 0.6 is 0 Å². The SMILES string of the molecule is O=S(=O)(O)O.c1cocn1. The van der Waals surface area contributed by atoms with E-state index in [1.165, 1.54) is 12.7 Å². The second kappa shape index (κ2) is 3.99. The van der Waals surface area contributed by atoms with Gasteiger partial charge in [-0.25, -0.2) is 4.98 Å². The van der Waals surface area contributed by atoms with Crippen molar-refractivity contribution in [2.45, 2.75) is 0 Å². The lowest BCUT2D eigenvalue weighted by Gasteiger charge is -1.68. The third-order valence-corrected chi connectivity index (χ3v) is 0.347. The van der Waals surface area contributed by atoms with Crippen LogP contribution in [-0.2, 0) is 10.4 Å². The Morgan fingerprint density at radius 1 is 1.40 bits per heavy atom. The van der Waals surface area contributed by atoms with Gasteiger partial charge in [-0.1, -0.05) is 0 Å². The van der Waals surface area contributed by atoms with Crippen molar-refractivity contribution in [1.82, 2.24) is 4.98 Å². The van der Waals surface area contributed by atoms with Crippen LogP contribution in [0.3, 0.4) is 0 Å². The predicted molar refractivity (Wildman–Crippen MR) is 30.7 cm³/mol. The molecule has 0 fully saturated rings. The number of hydrogen-bond acceptors (Lipinski definition) is 4. The highest BCUT2D eigenvalue weighted by Gasteiger charge is 1.84. The second-order valence-electron chi connectivity index (χ2n) is 1.12. The average Bonchev–Trinajstić information content (AvgIpc) is 2.07. The van der Waals surface area contributed by atoms with Crippen molar-refractivity contribution in [2.75, 3.05) is 0 Å². The van der Waals surface area contributed by atoms with E-state index in [2.05, 4.69) is 9.40 Å². The van der Waals surface area contributed by atoms with Gasteiger partial charge in [0.1, 0.15) is 6.26 Å². The summed E-state index contributed by atoms with van der Waals surface area (Å²) in [5.74, 6) is 0. The van der Waals surface area contributed by atoms with E-state index in [4.69, 9.17) is 17.5 Å². The molecule has 0 radical (unpaired) electrons. The van der Waals surface area contributed by atoms with Gasteiger partial charge in [-0.05, 0) is 0 Å². The van der Waals surface area contributed by atoms with E-state index >= 15 is 0 Å². The molecule has 0 aliphatic heterocycles. The van der Waals surface area contributed by atoms with Gasteiger partial charge < -0.3 is 4.42 Å². The molecule has 0 aliphatic carbocycles. The Morgan fingerprint density at radius 2 is 1.90 bits per heavy atom. The summed E-state index contributed by atoms with van der Waals surface area (Å²) in [5.41, 5.74) is 0. The minimum Gasteiger partial charge on any atom is -0.452 e. The molecule has 0 aliphatic rings. The van der Waals surface area contributed by atoms with Crippen molar-refractivity contribution in [3.05, 3.63) is 18.9 Å². The molecule has 2 N–H and O–H groups in total. The van der Waals surface area contributed by atoms with E-state index in [0.717, 1.165) is 0 Å². The van der Waals surface area contributed by atoms with E-state index < -0.39 is 10.4 Å². The molecule has 1 aromatic rings. The van der Waals surface area contributed by atoms with Gasteiger partial charge in [0.2, 0.25) is 0 Å². The lowest BCUT2D eigenvalue weighted by molar-refractivity contribution is 0.381. The molecule has 6 nitrogen and oxygen atoms in total. The summed E-state index contributed by atoms with van der Waals surface area (Å²) < 4.78 is 36.1. The summed E-state index contributed by atoms with van der Waals surface area (Å²) in [6, 6.07) is 0. The molecule has 0 aromatic carbocycles. The third-order valence-electron chi connectivity index (χ3n) is 0.347. The topological polar surface area (TPSA) is 101 Å². The Morgan fingerprint density at radius 3 is 2.00 bits per heavy atom. The highest BCUT2D eigenvalue weighted by molar-refractivity contribution is 7.79. The number of oxazole rings is 1. The maximum atomic E-state index is 8.74. The van der Waals surface area contributed by atoms with Gasteiger partial charge in [0.15, 0.2) is 6.39 Å². The molecule has 7 heteroatoms. The van der Waals surface area contributed by atoms with Gasteiger partial charge in [-0.3, -0.25) is 9.11 Å². The first-order valence-electron chi connectivity index (χ1n) is 2.02. The van der Waals surface area contributed by atoms with E-state index in [1.807, 2.05) is 0 Å². The van der Waals surface area contributed by atoms with Crippen LogP contribution in [0.2, 0.25) is 0 Å². The van der Waals surface area contributed by atoms with Crippen LogP contribution in [0.1, 0.15) is 0 Å². The fraction of sp³-hybridized carbons (Fsp3) is 0. The highest BCUT2D eigenvalue weighted by atomic mass is 32.3. The summed E-state index contributed by atoms with van der Waals surface area (Å²) in [7, 11) is -4.67. The first-order chi connectivity index (χ1) is 4.50. The fourth-order valence-corrected chi connectivity index (χ4v) is 0.176. The van der Waals surface area contributed by atoms with E-state index in [9.17, 15) is 0 Å². The second-order valence-corrected chi connectivity index (χ2v) is 2.02. The molecule has 0 bridgehead atoms. The van der Waals surface area contributed by atoms with Crippen molar-refractivity contribution in [3.8, 4) is 0 Å². The molecule has 0 atom stereocenters. The number of nitrogens with zero attached hydrogens (tertiary/aromatic N) is 1. The summed E-state index contributed by atoms with van der Waals surface area (Å²) >= 11 is 0. The summed E-state index contributed by atoms with van der Waals surface area (Å²) in [6.07, 6.45) is 4.47. The monoisotopic (exact) mass is 167 g/mol. The van der Waals surface area contributed by atoms with Crippen LogP contribution in [0, 0.1) is 0 Å². The van der Waals surface area contributed by atoms with Gasteiger partial charge >= 0.3 is 10.4 Å². The summed E-state index contributed by atoms with van der Waals surface area (Å²) in [4.78, 5) is 3.56. The number of hydrogen-bond donors (Lipinski definition) is 2. The van der Waals surface area contributed by atoms with Crippen LogP contribution < -0.4 is 0 Å². The maximum absolute atomic E-state index is 8.74. The smallest absolute Gasteiger partial charge is 0.394 e. The largest absolute Gasteiger partial charge is 0.452 e. The molecule has 10 heavy (non-hydrogen) atoms. The normalized spacial score (nSPS) is 9.80. The van der Waals surface area contributed by atoms with Gasteiger partial charge in [-0.2, -0.15) is 8.42 Å². The van der Waals surface area contributed by atoms with Crippen LogP contribution in [0.4, 0.5) is 0 Å². The molecular weight excluding hydrogens is 162 g/mol. The molecule has 1 aromatic heterocycles. The summed E-state index contributed by atoms with van der Waals surface area (Å²) in [6.45, 7) is 0.